The zero-order valence-corrected chi connectivity index (χ0v) is 7.76. The Morgan fingerprint density at radius 1 is 1.43 bits per heavy atom. The highest BCUT2D eigenvalue weighted by Gasteiger charge is 1.99. The van der Waals surface area contributed by atoms with Gasteiger partial charge in [-0.2, -0.15) is 0 Å². The highest BCUT2D eigenvalue weighted by Crippen LogP contribution is 1.99. The second-order valence-electron chi connectivity index (χ2n) is 2.91. The lowest BCUT2D eigenvalue weighted by Crippen LogP contribution is -2.25. The van der Waals surface area contributed by atoms with Gasteiger partial charge >= 0.3 is 0 Å². The molecule has 0 spiro atoms. The molecular weight excluding hydrogens is 178 g/mol. The molecule has 1 aromatic carbocycles. The first-order valence-corrected chi connectivity index (χ1v) is 4.29. The fourth-order valence-electron chi connectivity index (χ4n) is 1.07. The summed E-state index contributed by atoms with van der Waals surface area (Å²) in [7, 11) is 0. The smallest absolute Gasteiger partial charge is 0.158 e. The molecule has 14 heavy (non-hydrogen) atoms. The minimum atomic E-state index is -0.848. The predicted molar refractivity (Wildman–Crippen MR) is 55.8 cm³/mol. The van der Waals surface area contributed by atoms with E-state index in [9.17, 15) is 4.79 Å². The molecule has 0 aliphatic rings. The Kier molecular flexibility index (Phi) is 3.82. The summed E-state index contributed by atoms with van der Waals surface area (Å²) in [6.07, 6.45) is 0.221. The van der Waals surface area contributed by atoms with Gasteiger partial charge in [-0.3, -0.25) is 4.79 Å². The van der Waals surface area contributed by atoms with E-state index < -0.39 is 6.17 Å². The molecule has 0 fully saturated rings. The standard InChI is InChI=1S/C10H13N3O/c11-9(13-10(12)7-14)6-8-4-2-1-3-5-8/h1-5,7,10H,6,12H2,(H2,11,13). The number of carbonyl (C=O) groups is 1. The lowest BCUT2D eigenvalue weighted by molar-refractivity contribution is -0.108. The van der Waals surface area contributed by atoms with E-state index in [4.69, 9.17) is 11.5 Å². The Bertz CT molecular complexity index is 321. The zero-order chi connectivity index (χ0) is 10.4. The van der Waals surface area contributed by atoms with Crippen LogP contribution in [-0.4, -0.2) is 18.3 Å². The normalized spacial score (nSPS) is 13.6. The van der Waals surface area contributed by atoms with Gasteiger partial charge in [0.05, 0.1) is 0 Å². The van der Waals surface area contributed by atoms with E-state index in [-0.39, 0.29) is 0 Å². The largest absolute Gasteiger partial charge is 0.387 e. The monoisotopic (exact) mass is 191 g/mol. The molecule has 0 saturated carbocycles. The Balaban J connectivity index is 2.61. The third-order valence-corrected chi connectivity index (χ3v) is 1.68. The topological polar surface area (TPSA) is 81.5 Å². The summed E-state index contributed by atoms with van der Waals surface area (Å²) < 4.78 is 0. The molecule has 0 amide bonds. The van der Waals surface area contributed by atoms with Crippen LogP contribution in [-0.2, 0) is 11.2 Å². The maximum atomic E-state index is 10.2. The average Bonchev–Trinajstić information content (AvgIpc) is 2.19. The lowest BCUT2D eigenvalue weighted by atomic mass is 10.1. The number of aliphatic imine (C=N–C) groups is 1. The molecule has 4 heteroatoms. The molecule has 1 rings (SSSR count). The van der Waals surface area contributed by atoms with Crippen molar-refractivity contribution in [3.63, 3.8) is 0 Å². The van der Waals surface area contributed by atoms with Gasteiger partial charge in [0, 0.05) is 6.42 Å². The fraction of sp³-hybridized carbons (Fsp3) is 0.200. The van der Waals surface area contributed by atoms with Crippen LogP contribution in [0.2, 0.25) is 0 Å². The molecule has 0 aromatic heterocycles. The van der Waals surface area contributed by atoms with Gasteiger partial charge in [0.15, 0.2) is 12.5 Å². The number of carbonyl (C=O) groups excluding carboxylic acids is 1. The van der Waals surface area contributed by atoms with E-state index in [2.05, 4.69) is 4.99 Å². The Morgan fingerprint density at radius 3 is 2.64 bits per heavy atom. The molecule has 1 atom stereocenters. The second kappa shape index (κ2) is 5.14. The van der Waals surface area contributed by atoms with E-state index in [1.54, 1.807) is 0 Å². The molecular formula is C10H13N3O. The van der Waals surface area contributed by atoms with Gasteiger partial charge in [-0.25, -0.2) is 4.99 Å². The van der Waals surface area contributed by atoms with Gasteiger partial charge in [0.25, 0.3) is 0 Å². The van der Waals surface area contributed by atoms with Crippen LogP contribution in [0.15, 0.2) is 35.3 Å². The van der Waals surface area contributed by atoms with Gasteiger partial charge in [0.1, 0.15) is 5.84 Å². The average molecular weight is 191 g/mol. The van der Waals surface area contributed by atoms with Crippen LogP contribution in [0.1, 0.15) is 5.56 Å². The molecule has 0 aliphatic heterocycles. The number of aldehydes is 1. The van der Waals surface area contributed by atoms with Crippen molar-refractivity contribution in [2.75, 3.05) is 0 Å². The predicted octanol–water partition coefficient (Wildman–Crippen LogP) is 0.0700. The van der Waals surface area contributed by atoms with E-state index in [1.807, 2.05) is 30.3 Å². The molecule has 0 aliphatic carbocycles. The van der Waals surface area contributed by atoms with Gasteiger partial charge in [0.2, 0.25) is 0 Å². The number of nitrogens with zero attached hydrogens (tertiary/aromatic N) is 1. The lowest BCUT2D eigenvalue weighted by Gasteiger charge is -2.02. The highest BCUT2D eigenvalue weighted by molar-refractivity contribution is 5.84. The summed E-state index contributed by atoms with van der Waals surface area (Å²) in [6.45, 7) is 0. The summed E-state index contributed by atoms with van der Waals surface area (Å²) in [5, 5.41) is 0. The van der Waals surface area contributed by atoms with Crippen LogP contribution in [0, 0.1) is 0 Å². The molecule has 1 aromatic rings. The SMILES string of the molecule is N/C(Cc1ccccc1)=N\C(N)C=O. The minimum absolute atomic E-state index is 0.371. The molecule has 4 N–H and O–H groups in total. The van der Waals surface area contributed by atoms with Crippen molar-refractivity contribution in [1.29, 1.82) is 0 Å². The van der Waals surface area contributed by atoms with Crippen molar-refractivity contribution >= 4 is 12.1 Å². The fourth-order valence-corrected chi connectivity index (χ4v) is 1.07. The van der Waals surface area contributed by atoms with Crippen molar-refractivity contribution in [2.24, 2.45) is 16.5 Å². The number of amidine groups is 1. The number of hydrogen-bond acceptors (Lipinski definition) is 3. The van der Waals surface area contributed by atoms with E-state index in [0.717, 1.165) is 5.56 Å². The third kappa shape index (κ3) is 3.37. The molecule has 1 unspecified atom stereocenters. The Labute approximate surface area is 82.6 Å². The maximum absolute atomic E-state index is 10.2. The number of nitrogens with two attached hydrogens (primary N) is 2. The van der Waals surface area contributed by atoms with Crippen molar-refractivity contribution in [3.05, 3.63) is 35.9 Å². The highest BCUT2D eigenvalue weighted by atomic mass is 16.1. The first kappa shape index (κ1) is 10.4. The first-order valence-electron chi connectivity index (χ1n) is 4.29. The van der Waals surface area contributed by atoms with E-state index >= 15 is 0 Å². The van der Waals surface area contributed by atoms with Crippen molar-refractivity contribution < 1.29 is 4.79 Å². The van der Waals surface area contributed by atoms with Gasteiger partial charge < -0.3 is 11.5 Å². The Morgan fingerprint density at radius 2 is 2.07 bits per heavy atom. The van der Waals surface area contributed by atoms with Crippen molar-refractivity contribution in [3.8, 4) is 0 Å². The maximum Gasteiger partial charge on any atom is 0.158 e. The van der Waals surface area contributed by atoms with E-state index in [1.165, 1.54) is 0 Å². The van der Waals surface area contributed by atoms with Crippen LogP contribution in [0.5, 0.6) is 0 Å². The summed E-state index contributed by atoms with van der Waals surface area (Å²) in [5.41, 5.74) is 11.9. The van der Waals surface area contributed by atoms with Crippen LogP contribution in [0.4, 0.5) is 0 Å². The molecule has 0 saturated heterocycles. The molecule has 0 radical (unpaired) electrons. The third-order valence-electron chi connectivity index (χ3n) is 1.68. The zero-order valence-electron chi connectivity index (χ0n) is 7.76. The number of rotatable bonds is 4. The summed E-state index contributed by atoms with van der Waals surface area (Å²) in [4.78, 5) is 14.0. The molecule has 0 heterocycles. The molecule has 0 bridgehead atoms. The number of benzene rings is 1. The summed E-state index contributed by atoms with van der Waals surface area (Å²) in [6, 6.07) is 9.64. The minimum Gasteiger partial charge on any atom is -0.387 e. The van der Waals surface area contributed by atoms with E-state index in [0.29, 0.717) is 18.5 Å². The van der Waals surface area contributed by atoms with Gasteiger partial charge in [-0.1, -0.05) is 30.3 Å². The van der Waals surface area contributed by atoms with Crippen molar-refractivity contribution in [2.45, 2.75) is 12.6 Å². The van der Waals surface area contributed by atoms with Crippen LogP contribution < -0.4 is 11.5 Å². The van der Waals surface area contributed by atoms with Gasteiger partial charge in [-0.05, 0) is 5.56 Å². The second-order valence-corrected chi connectivity index (χ2v) is 2.91. The Hall–Kier alpha value is -1.68. The van der Waals surface area contributed by atoms with Gasteiger partial charge in [-0.15, -0.1) is 0 Å². The first-order chi connectivity index (χ1) is 6.72. The molecule has 4 nitrogen and oxygen atoms in total. The number of hydrogen-bond donors (Lipinski definition) is 2. The molecule has 74 valence electrons. The summed E-state index contributed by atoms with van der Waals surface area (Å²) >= 11 is 0. The summed E-state index contributed by atoms with van der Waals surface area (Å²) in [5.74, 6) is 0.371. The van der Waals surface area contributed by atoms with Crippen molar-refractivity contribution in [1.82, 2.24) is 0 Å². The quantitative estimate of drug-likeness (QED) is 0.401. The van der Waals surface area contributed by atoms with Crippen LogP contribution in [0.25, 0.3) is 0 Å². The van der Waals surface area contributed by atoms with Crippen LogP contribution in [0.3, 0.4) is 0 Å². The van der Waals surface area contributed by atoms with Crippen LogP contribution >= 0.6 is 0 Å².